The second-order valence-electron chi connectivity index (χ2n) is 4.88. The number of rotatable bonds is 7. The molecule has 0 unspecified atom stereocenters. The summed E-state index contributed by atoms with van der Waals surface area (Å²) in [5.74, 6) is -0.572. The van der Waals surface area contributed by atoms with Crippen LogP contribution in [0.1, 0.15) is 40.5 Å². The van der Waals surface area contributed by atoms with Crippen molar-refractivity contribution in [3.8, 4) is 0 Å². The van der Waals surface area contributed by atoms with Crippen LogP contribution in [0, 0.1) is 0 Å². The van der Waals surface area contributed by atoms with Gasteiger partial charge in [0, 0.05) is 12.5 Å². The van der Waals surface area contributed by atoms with Crippen LogP contribution in [-0.2, 0) is 14.3 Å². The third-order valence-electron chi connectivity index (χ3n) is 2.28. The first-order chi connectivity index (χ1) is 7.79. The van der Waals surface area contributed by atoms with Crippen LogP contribution >= 0.6 is 0 Å². The summed E-state index contributed by atoms with van der Waals surface area (Å²) in [5, 5.41) is 5.88. The highest BCUT2D eigenvalue weighted by Crippen LogP contribution is 2.05. The van der Waals surface area contributed by atoms with Crippen LogP contribution < -0.4 is 10.6 Å². The fourth-order valence-corrected chi connectivity index (χ4v) is 1.36. The molecule has 0 saturated carbocycles. The summed E-state index contributed by atoms with van der Waals surface area (Å²) in [6.07, 6.45) is 1.15. The molecule has 0 radical (unpaired) electrons. The maximum atomic E-state index is 11.6. The predicted octanol–water partition coefficient (Wildman–Crippen LogP) is 0.832. The van der Waals surface area contributed by atoms with Crippen molar-refractivity contribution in [2.24, 2.45) is 0 Å². The molecule has 0 aromatic carbocycles. The molecule has 2 N–H and O–H groups in total. The number of amides is 1. The smallest absolute Gasteiger partial charge is 0.330 e. The molecule has 0 atom stereocenters. The van der Waals surface area contributed by atoms with Crippen molar-refractivity contribution >= 4 is 11.9 Å². The van der Waals surface area contributed by atoms with Gasteiger partial charge in [-0.25, -0.2) is 4.79 Å². The average molecular weight is 244 g/mol. The minimum atomic E-state index is -0.961. The van der Waals surface area contributed by atoms with Gasteiger partial charge in [-0.15, -0.1) is 0 Å². The van der Waals surface area contributed by atoms with Crippen molar-refractivity contribution in [1.29, 1.82) is 0 Å². The Hall–Kier alpha value is -1.10. The van der Waals surface area contributed by atoms with E-state index in [0.717, 1.165) is 13.0 Å². The molecule has 5 nitrogen and oxygen atoms in total. The van der Waals surface area contributed by atoms with Gasteiger partial charge in [-0.2, -0.15) is 0 Å². The summed E-state index contributed by atoms with van der Waals surface area (Å²) in [7, 11) is 1.31. The zero-order valence-electron chi connectivity index (χ0n) is 11.4. The normalized spacial score (nSPS) is 11.4. The van der Waals surface area contributed by atoms with Crippen LogP contribution in [0.5, 0.6) is 0 Å². The van der Waals surface area contributed by atoms with Crippen LogP contribution in [0.4, 0.5) is 0 Å². The van der Waals surface area contributed by atoms with E-state index in [1.54, 1.807) is 13.8 Å². The van der Waals surface area contributed by atoms with Crippen LogP contribution in [0.2, 0.25) is 0 Å². The molecule has 5 heteroatoms. The maximum Gasteiger partial charge on any atom is 0.330 e. The first kappa shape index (κ1) is 15.9. The molecule has 0 heterocycles. The molecule has 1 amide bonds. The fraction of sp³-hybridized carbons (Fsp3) is 0.833. The molecular formula is C12H24N2O3. The highest BCUT2D eigenvalue weighted by Gasteiger charge is 2.29. The third kappa shape index (κ3) is 6.94. The summed E-state index contributed by atoms with van der Waals surface area (Å²) in [6, 6.07) is 0.421. The Morgan fingerprint density at radius 2 is 1.88 bits per heavy atom. The average Bonchev–Trinajstić information content (AvgIpc) is 2.22. The van der Waals surface area contributed by atoms with Crippen LogP contribution in [0.3, 0.4) is 0 Å². The Labute approximate surface area is 103 Å². The number of nitrogens with one attached hydrogen (secondary N) is 2. The summed E-state index contributed by atoms with van der Waals surface area (Å²) in [5.41, 5.74) is -0.961. The lowest BCUT2D eigenvalue weighted by Crippen LogP contribution is -2.50. The Bertz CT molecular complexity index is 262. The van der Waals surface area contributed by atoms with E-state index in [0.29, 0.717) is 12.5 Å². The zero-order valence-corrected chi connectivity index (χ0v) is 11.4. The van der Waals surface area contributed by atoms with Crippen LogP contribution in [-0.4, -0.2) is 37.1 Å². The number of hydrogen-bond donors (Lipinski definition) is 2. The minimum Gasteiger partial charge on any atom is -0.467 e. The van der Waals surface area contributed by atoms with E-state index in [-0.39, 0.29) is 5.91 Å². The van der Waals surface area contributed by atoms with E-state index in [4.69, 9.17) is 0 Å². The Kier molecular flexibility index (Phi) is 6.80. The zero-order chi connectivity index (χ0) is 13.5. The van der Waals surface area contributed by atoms with Gasteiger partial charge < -0.3 is 15.4 Å². The molecule has 0 bridgehead atoms. The van der Waals surface area contributed by atoms with Crippen molar-refractivity contribution in [1.82, 2.24) is 10.6 Å². The largest absolute Gasteiger partial charge is 0.467 e. The number of carbonyl (C=O) groups excluding carboxylic acids is 2. The molecule has 0 aliphatic rings. The molecule has 0 aromatic heterocycles. The van der Waals surface area contributed by atoms with E-state index < -0.39 is 11.5 Å². The molecule has 0 aliphatic heterocycles. The highest BCUT2D eigenvalue weighted by atomic mass is 16.5. The van der Waals surface area contributed by atoms with Gasteiger partial charge in [-0.05, 0) is 26.8 Å². The van der Waals surface area contributed by atoms with Crippen molar-refractivity contribution in [2.75, 3.05) is 13.7 Å². The molecule has 0 spiro atoms. The molecular weight excluding hydrogens is 220 g/mol. The Morgan fingerprint density at radius 3 is 2.35 bits per heavy atom. The fourth-order valence-electron chi connectivity index (χ4n) is 1.36. The number of carbonyl (C=O) groups is 2. The van der Waals surface area contributed by atoms with Gasteiger partial charge in [0.15, 0.2) is 0 Å². The van der Waals surface area contributed by atoms with E-state index in [1.807, 2.05) is 0 Å². The molecule has 0 rings (SSSR count). The quantitative estimate of drug-likeness (QED) is 0.514. The lowest BCUT2D eigenvalue weighted by molar-refractivity contribution is -0.149. The lowest BCUT2D eigenvalue weighted by atomic mass is 10.1. The summed E-state index contributed by atoms with van der Waals surface area (Å²) in [4.78, 5) is 22.9. The van der Waals surface area contributed by atoms with E-state index in [2.05, 4.69) is 29.2 Å². The van der Waals surface area contributed by atoms with Gasteiger partial charge in [0.05, 0.1) is 7.11 Å². The van der Waals surface area contributed by atoms with Gasteiger partial charge >= 0.3 is 5.97 Å². The third-order valence-corrected chi connectivity index (χ3v) is 2.28. The monoisotopic (exact) mass is 244 g/mol. The van der Waals surface area contributed by atoms with Crippen LogP contribution in [0.25, 0.3) is 0 Å². The van der Waals surface area contributed by atoms with Crippen molar-refractivity contribution in [3.63, 3.8) is 0 Å². The maximum absolute atomic E-state index is 11.6. The number of methoxy groups -OCH3 is 1. The lowest BCUT2D eigenvalue weighted by Gasteiger charge is -2.23. The van der Waals surface area contributed by atoms with E-state index in [1.165, 1.54) is 7.11 Å². The van der Waals surface area contributed by atoms with Gasteiger partial charge in [0.2, 0.25) is 5.91 Å². The molecule has 0 saturated heterocycles. The minimum absolute atomic E-state index is 0.133. The molecule has 17 heavy (non-hydrogen) atoms. The molecule has 100 valence electrons. The number of ether oxygens (including phenoxy) is 1. The summed E-state index contributed by atoms with van der Waals surface area (Å²) in [6.45, 7) is 8.16. The SMILES string of the molecule is COC(=O)C(C)(C)NC(=O)CCCNC(C)C. The van der Waals surface area contributed by atoms with Crippen LogP contribution in [0.15, 0.2) is 0 Å². The Morgan fingerprint density at radius 1 is 1.29 bits per heavy atom. The summed E-state index contributed by atoms with van der Waals surface area (Å²) < 4.78 is 4.61. The first-order valence-corrected chi connectivity index (χ1v) is 5.92. The van der Waals surface area contributed by atoms with Crippen molar-refractivity contribution in [3.05, 3.63) is 0 Å². The van der Waals surface area contributed by atoms with Crippen molar-refractivity contribution in [2.45, 2.75) is 52.1 Å². The van der Waals surface area contributed by atoms with E-state index >= 15 is 0 Å². The standard InChI is InChI=1S/C12H24N2O3/c1-9(2)13-8-6-7-10(15)14-12(3,4)11(16)17-5/h9,13H,6-8H2,1-5H3,(H,14,15). The molecule has 0 fully saturated rings. The van der Waals surface area contributed by atoms with E-state index in [9.17, 15) is 9.59 Å². The molecule has 0 aliphatic carbocycles. The molecule has 0 aromatic rings. The van der Waals surface area contributed by atoms with Crippen molar-refractivity contribution < 1.29 is 14.3 Å². The predicted molar refractivity (Wildman–Crippen MR) is 66.6 cm³/mol. The second-order valence-corrected chi connectivity index (χ2v) is 4.88. The van der Waals surface area contributed by atoms with Gasteiger partial charge in [-0.3, -0.25) is 4.79 Å². The topological polar surface area (TPSA) is 67.4 Å². The van der Waals surface area contributed by atoms with Gasteiger partial charge in [-0.1, -0.05) is 13.8 Å². The number of hydrogen-bond acceptors (Lipinski definition) is 4. The second kappa shape index (κ2) is 7.27. The summed E-state index contributed by atoms with van der Waals surface area (Å²) >= 11 is 0. The van der Waals surface area contributed by atoms with Gasteiger partial charge in [0.1, 0.15) is 5.54 Å². The Balaban J connectivity index is 3.90. The first-order valence-electron chi connectivity index (χ1n) is 5.92. The highest BCUT2D eigenvalue weighted by molar-refractivity contribution is 5.87. The number of esters is 1. The van der Waals surface area contributed by atoms with Gasteiger partial charge in [0.25, 0.3) is 0 Å².